The van der Waals surface area contributed by atoms with Crippen LogP contribution in [0.25, 0.3) is 0 Å². The molecule has 1 aromatic rings. The van der Waals surface area contributed by atoms with Gasteiger partial charge in [0, 0.05) is 26.2 Å². The monoisotopic (exact) mass is 212 g/mol. The smallest absolute Gasteiger partial charge is 0.245 e. The highest BCUT2D eigenvalue weighted by molar-refractivity contribution is 5.29. The zero-order valence-electron chi connectivity index (χ0n) is 9.72. The lowest BCUT2D eigenvalue weighted by Crippen LogP contribution is -2.40. The van der Waals surface area contributed by atoms with E-state index in [4.69, 9.17) is 5.73 Å². The molecule has 0 atom stereocenters. The molecule has 0 aliphatic rings. The van der Waals surface area contributed by atoms with Crippen LogP contribution in [-0.4, -0.2) is 39.3 Å². The highest BCUT2D eigenvalue weighted by Gasteiger charge is 2.19. The molecule has 1 aromatic heterocycles. The molecule has 0 unspecified atom stereocenters. The van der Waals surface area contributed by atoms with Crippen molar-refractivity contribution < 1.29 is 0 Å². The maximum absolute atomic E-state index is 5.61. The predicted octanol–water partition coefficient (Wildman–Crippen LogP) is 0.164. The number of nitrogens with zero attached hydrogens (tertiary/aromatic N) is 5. The number of rotatable bonds is 6. The first-order valence-electron chi connectivity index (χ1n) is 5.43. The van der Waals surface area contributed by atoms with Gasteiger partial charge in [0.25, 0.3) is 0 Å². The van der Waals surface area contributed by atoms with Crippen LogP contribution in [0.15, 0.2) is 0 Å². The van der Waals surface area contributed by atoms with Crippen LogP contribution in [-0.2, 0) is 7.05 Å². The summed E-state index contributed by atoms with van der Waals surface area (Å²) in [6.07, 6.45) is 2.15. The quantitative estimate of drug-likeness (QED) is 0.727. The minimum absolute atomic E-state index is 0.457. The zero-order chi connectivity index (χ0) is 11.3. The van der Waals surface area contributed by atoms with Crippen molar-refractivity contribution in [3.8, 4) is 0 Å². The lowest BCUT2D eigenvalue weighted by atomic mass is 10.1. The summed E-state index contributed by atoms with van der Waals surface area (Å²) in [4.78, 5) is 2.18. The molecule has 15 heavy (non-hydrogen) atoms. The summed E-state index contributed by atoms with van der Waals surface area (Å²) in [5.74, 6) is 0.800. The summed E-state index contributed by atoms with van der Waals surface area (Å²) >= 11 is 0. The Balaban J connectivity index is 2.86. The van der Waals surface area contributed by atoms with E-state index < -0.39 is 0 Å². The average molecular weight is 212 g/mol. The van der Waals surface area contributed by atoms with Crippen LogP contribution >= 0.6 is 0 Å². The average Bonchev–Trinajstić information content (AvgIpc) is 2.65. The van der Waals surface area contributed by atoms with Gasteiger partial charge in [-0.15, -0.1) is 0 Å². The van der Waals surface area contributed by atoms with Gasteiger partial charge in [0.1, 0.15) is 0 Å². The molecule has 0 aromatic carbocycles. The number of aromatic nitrogens is 4. The number of anilines is 1. The summed E-state index contributed by atoms with van der Waals surface area (Å²) in [5.41, 5.74) is 5.61. The van der Waals surface area contributed by atoms with Gasteiger partial charge >= 0.3 is 0 Å². The third-order valence-corrected chi connectivity index (χ3v) is 2.61. The van der Waals surface area contributed by atoms with Crippen LogP contribution in [0.5, 0.6) is 0 Å². The van der Waals surface area contributed by atoms with Crippen molar-refractivity contribution in [2.45, 2.75) is 32.7 Å². The van der Waals surface area contributed by atoms with Gasteiger partial charge in [-0.3, -0.25) is 0 Å². The second-order valence-corrected chi connectivity index (χ2v) is 3.55. The minimum atomic E-state index is 0.457. The van der Waals surface area contributed by atoms with Gasteiger partial charge in [-0.25, -0.2) is 4.68 Å². The van der Waals surface area contributed by atoms with Crippen LogP contribution < -0.4 is 10.6 Å². The number of aryl methyl sites for hydroxylation is 1. The molecular weight excluding hydrogens is 192 g/mol. The van der Waals surface area contributed by atoms with Crippen molar-refractivity contribution in [1.82, 2.24) is 20.2 Å². The molecule has 0 aliphatic carbocycles. The fourth-order valence-electron chi connectivity index (χ4n) is 1.78. The Bertz CT molecular complexity index is 280. The molecule has 0 aliphatic heterocycles. The van der Waals surface area contributed by atoms with Gasteiger partial charge < -0.3 is 10.6 Å². The Hall–Kier alpha value is -1.17. The molecular formula is C9H20N6. The summed E-state index contributed by atoms with van der Waals surface area (Å²) in [5, 5.41) is 11.5. The van der Waals surface area contributed by atoms with E-state index in [0.29, 0.717) is 12.6 Å². The highest BCUT2D eigenvalue weighted by atomic mass is 15.6. The largest absolute Gasteiger partial charge is 0.335 e. The molecule has 0 saturated carbocycles. The zero-order valence-corrected chi connectivity index (χ0v) is 9.72. The van der Waals surface area contributed by atoms with Crippen LogP contribution in [0.2, 0.25) is 0 Å². The Morgan fingerprint density at radius 1 is 1.40 bits per heavy atom. The molecule has 6 nitrogen and oxygen atoms in total. The van der Waals surface area contributed by atoms with Gasteiger partial charge in [-0.05, 0) is 23.3 Å². The minimum Gasteiger partial charge on any atom is -0.335 e. The third-order valence-electron chi connectivity index (χ3n) is 2.61. The molecule has 0 bridgehead atoms. The van der Waals surface area contributed by atoms with E-state index in [0.717, 1.165) is 25.3 Å². The van der Waals surface area contributed by atoms with Crippen molar-refractivity contribution in [2.75, 3.05) is 18.0 Å². The van der Waals surface area contributed by atoms with Gasteiger partial charge in [0.05, 0.1) is 0 Å². The normalized spacial score (nSPS) is 11.0. The third kappa shape index (κ3) is 2.65. The van der Waals surface area contributed by atoms with Gasteiger partial charge in [0.2, 0.25) is 5.95 Å². The maximum atomic E-state index is 5.61. The Morgan fingerprint density at radius 2 is 2.07 bits per heavy atom. The number of nitrogens with two attached hydrogens (primary N) is 1. The fourth-order valence-corrected chi connectivity index (χ4v) is 1.78. The molecule has 0 spiro atoms. The standard InChI is InChI=1S/C9H20N6/c1-4-8(5-2)15(7-6-10)9-11-12-13-14(9)3/h8H,4-7,10H2,1-3H3. The molecule has 0 saturated heterocycles. The SMILES string of the molecule is CCC(CC)N(CCN)c1nnnn1C. The van der Waals surface area contributed by atoms with Gasteiger partial charge in [-0.2, -0.15) is 0 Å². The lowest BCUT2D eigenvalue weighted by Gasteiger charge is -2.29. The Labute approximate surface area is 90.4 Å². The first-order chi connectivity index (χ1) is 7.24. The lowest BCUT2D eigenvalue weighted by molar-refractivity contribution is 0.536. The first kappa shape index (κ1) is 11.9. The van der Waals surface area contributed by atoms with E-state index in [-0.39, 0.29) is 0 Å². The molecule has 86 valence electrons. The van der Waals surface area contributed by atoms with E-state index in [1.807, 2.05) is 7.05 Å². The molecule has 0 fully saturated rings. The van der Waals surface area contributed by atoms with Crippen molar-refractivity contribution >= 4 is 5.95 Å². The molecule has 0 radical (unpaired) electrons. The van der Waals surface area contributed by atoms with E-state index in [1.54, 1.807) is 4.68 Å². The molecule has 6 heteroatoms. The molecule has 1 heterocycles. The highest BCUT2D eigenvalue weighted by Crippen LogP contribution is 2.15. The molecule has 2 N–H and O–H groups in total. The summed E-state index contributed by atoms with van der Waals surface area (Å²) in [7, 11) is 1.85. The summed E-state index contributed by atoms with van der Waals surface area (Å²) in [6, 6.07) is 0.457. The van der Waals surface area contributed by atoms with Crippen molar-refractivity contribution in [1.29, 1.82) is 0 Å². The Morgan fingerprint density at radius 3 is 2.47 bits per heavy atom. The van der Waals surface area contributed by atoms with Crippen LogP contribution in [0.3, 0.4) is 0 Å². The second kappa shape index (κ2) is 5.65. The van der Waals surface area contributed by atoms with Crippen molar-refractivity contribution in [2.24, 2.45) is 12.8 Å². The van der Waals surface area contributed by atoms with E-state index >= 15 is 0 Å². The van der Waals surface area contributed by atoms with Crippen LogP contribution in [0.4, 0.5) is 5.95 Å². The fraction of sp³-hybridized carbons (Fsp3) is 0.889. The van der Waals surface area contributed by atoms with Crippen LogP contribution in [0.1, 0.15) is 26.7 Å². The summed E-state index contributed by atoms with van der Waals surface area (Å²) < 4.78 is 1.69. The van der Waals surface area contributed by atoms with Crippen molar-refractivity contribution in [3.05, 3.63) is 0 Å². The van der Waals surface area contributed by atoms with Crippen molar-refractivity contribution in [3.63, 3.8) is 0 Å². The van der Waals surface area contributed by atoms with Gasteiger partial charge in [-0.1, -0.05) is 18.9 Å². The van der Waals surface area contributed by atoms with Crippen LogP contribution in [0, 0.1) is 0 Å². The van der Waals surface area contributed by atoms with E-state index in [1.165, 1.54) is 0 Å². The molecule has 0 amide bonds. The number of hydrogen-bond acceptors (Lipinski definition) is 5. The maximum Gasteiger partial charge on any atom is 0.245 e. The number of tetrazole rings is 1. The second-order valence-electron chi connectivity index (χ2n) is 3.55. The van der Waals surface area contributed by atoms with E-state index in [2.05, 4.69) is 34.3 Å². The summed E-state index contributed by atoms with van der Waals surface area (Å²) in [6.45, 7) is 5.74. The predicted molar refractivity (Wildman–Crippen MR) is 59.6 cm³/mol. The van der Waals surface area contributed by atoms with Gasteiger partial charge in [0.15, 0.2) is 0 Å². The Kier molecular flexibility index (Phi) is 4.48. The van der Waals surface area contributed by atoms with E-state index in [9.17, 15) is 0 Å². The topological polar surface area (TPSA) is 72.9 Å². The number of hydrogen-bond donors (Lipinski definition) is 1. The molecule has 1 rings (SSSR count). The first-order valence-corrected chi connectivity index (χ1v) is 5.43.